The molecule has 0 spiro atoms. The molecular weight excluding hydrogens is 252 g/mol. The van der Waals surface area contributed by atoms with E-state index >= 15 is 0 Å². The second kappa shape index (κ2) is 5.86. The second-order valence-corrected chi connectivity index (χ2v) is 7.46. The van der Waals surface area contributed by atoms with Crippen LogP contribution in [-0.4, -0.2) is 54.4 Å². The number of nitrogens with zero attached hydrogens (tertiary/aromatic N) is 2. The zero-order chi connectivity index (χ0) is 13.2. The molecule has 18 heavy (non-hydrogen) atoms. The SMILES string of the molecule is CN(C1CCCCC1)S(=O)(=O)N1CCC[C@H](O)C1. The number of hydrogen-bond donors (Lipinski definition) is 1. The summed E-state index contributed by atoms with van der Waals surface area (Å²) in [6.45, 7) is 0.788. The average Bonchev–Trinajstić information content (AvgIpc) is 2.39. The van der Waals surface area contributed by atoms with Crippen LogP contribution in [0, 0.1) is 0 Å². The van der Waals surface area contributed by atoms with Crippen molar-refractivity contribution in [2.75, 3.05) is 20.1 Å². The van der Waals surface area contributed by atoms with E-state index in [0.29, 0.717) is 13.0 Å². The van der Waals surface area contributed by atoms with Crippen LogP contribution >= 0.6 is 0 Å². The first-order valence-corrected chi connectivity index (χ1v) is 8.32. The maximum Gasteiger partial charge on any atom is 0.282 e. The summed E-state index contributed by atoms with van der Waals surface area (Å²) in [5, 5.41) is 9.61. The van der Waals surface area contributed by atoms with Gasteiger partial charge in [0.25, 0.3) is 10.2 Å². The molecule has 1 aliphatic carbocycles. The fourth-order valence-electron chi connectivity index (χ4n) is 2.95. The Morgan fingerprint density at radius 3 is 2.39 bits per heavy atom. The van der Waals surface area contributed by atoms with Gasteiger partial charge in [-0.2, -0.15) is 17.0 Å². The van der Waals surface area contributed by atoms with E-state index in [1.807, 2.05) is 0 Å². The van der Waals surface area contributed by atoms with Crippen LogP contribution < -0.4 is 0 Å². The highest BCUT2D eigenvalue weighted by atomic mass is 32.2. The second-order valence-electron chi connectivity index (χ2n) is 5.47. The molecule has 0 aromatic rings. The van der Waals surface area contributed by atoms with Crippen LogP contribution in [-0.2, 0) is 10.2 Å². The molecule has 1 N–H and O–H groups in total. The molecule has 1 saturated heterocycles. The minimum absolute atomic E-state index is 0.141. The van der Waals surface area contributed by atoms with Crippen molar-refractivity contribution in [2.24, 2.45) is 0 Å². The molecule has 0 bridgehead atoms. The minimum Gasteiger partial charge on any atom is -0.392 e. The summed E-state index contributed by atoms with van der Waals surface area (Å²) in [6.07, 6.45) is 6.33. The van der Waals surface area contributed by atoms with Gasteiger partial charge in [0.15, 0.2) is 0 Å². The van der Waals surface area contributed by atoms with E-state index in [-0.39, 0.29) is 12.6 Å². The number of rotatable bonds is 3. The van der Waals surface area contributed by atoms with Gasteiger partial charge < -0.3 is 5.11 Å². The molecule has 1 atom stereocenters. The largest absolute Gasteiger partial charge is 0.392 e. The van der Waals surface area contributed by atoms with Gasteiger partial charge in [0.1, 0.15) is 0 Å². The van der Waals surface area contributed by atoms with Crippen molar-refractivity contribution in [3.63, 3.8) is 0 Å². The molecule has 1 aliphatic heterocycles. The Labute approximate surface area is 110 Å². The van der Waals surface area contributed by atoms with Crippen molar-refractivity contribution >= 4 is 10.2 Å². The number of hydrogen-bond acceptors (Lipinski definition) is 3. The van der Waals surface area contributed by atoms with Crippen LogP contribution in [0.4, 0.5) is 0 Å². The summed E-state index contributed by atoms with van der Waals surface area (Å²) in [4.78, 5) is 0. The lowest BCUT2D eigenvalue weighted by Gasteiger charge is -2.36. The first kappa shape index (κ1) is 14.2. The monoisotopic (exact) mass is 276 g/mol. The van der Waals surface area contributed by atoms with Gasteiger partial charge in [-0.25, -0.2) is 0 Å². The van der Waals surface area contributed by atoms with Crippen molar-refractivity contribution in [3.05, 3.63) is 0 Å². The summed E-state index contributed by atoms with van der Waals surface area (Å²) < 4.78 is 27.9. The Balaban J connectivity index is 2.04. The van der Waals surface area contributed by atoms with E-state index in [4.69, 9.17) is 0 Å². The van der Waals surface area contributed by atoms with Crippen LogP contribution in [0.15, 0.2) is 0 Å². The van der Waals surface area contributed by atoms with E-state index < -0.39 is 16.3 Å². The van der Waals surface area contributed by atoms with E-state index in [1.165, 1.54) is 15.0 Å². The van der Waals surface area contributed by atoms with Crippen molar-refractivity contribution < 1.29 is 13.5 Å². The van der Waals surface area contributed by atoms with Crippen LogP contribution in [0.3, 0.4) is 0 Å². The Morgan fingerprint density at radius 2 is 1.78 bits per heavy atom. The molecule has 0 aromatic carbocycles. The molecular formula is C12H24N2O3S. The Kier molecular flexibility index (Phi) is 4.64. The smallest absolute Gasteiger partial charge is 0.282 e. The van der Waals surface area contributed by atoms with Crippen LogP contribution in [0.1, 0.15) is 44.9 Å². The number of aliphatic hydroxyl groups is 1. The number of aliphatic hydroxyl groups excluding tert-OH is 1. The first-order chi connectivity index (χ1) is 8.51. The molecule has 1 saturated carbocycles. The standard InChI is InChI=1S/C12H24N2O3S/c1-13(11-6-3-2-4-7-11)18(16,17)14-9-5-8-12(15)10-14/h11-12,15H,2-10H2,1H3/t12-/m0/s1. The molecule has 0 aromatic heterocycles. The zero-order valence-corrected chi connectivity index (χ0v) is 11.9. The van der Waals surface area contributed by atoms with Gasteiger partial charge in [0.05, 0.1) is 6.10 Å². The lowest BCUT2D eigenvalue weighted by atomic mass is 9.96. The van der Waals surface area contributed by atoms with Crippen molar-refractivity contribution in [1.82, 2.24) is 8.61 Å². The van der Waals surface area contributed by atoms with Gasteiger partial charge in [-0.1, -0.05) is 19.3 Å². The summed E-state index contributed by atoms with van der Waals surface area (Å²) in [6, 6.07) is 0.141. The fraction of sp³-hybridized carbons (Fsp3) is 1.00. The lowest BCUT2D eigenvalue weighted by Crippen LogP contribution is -2.51. The van der Waals surface area contributed by atoms with Gasteiger partial charge in [0.2, 0.25) is 0 Å². The van der Waals surface area contributed by atoms with Gasteiger partial charge in [-0.15, -0.1) is 0 Å². The average molecular weight is 276 g/mol. The van der Waals surface area contributed by atoms with Crippen LogP contribution in [0.5, 0.6) is 0 Å². The summed E-state index contributed by atoms with van der Waals surface area (Å²) >= 11 is 0. The Bertz CT molecular complexity index is 366. The van der Waals surface area contributed by atoms with Gasteiger partial charge in [-0.05, 0) is 25.7 Å². The molecule has 0 unspecified atom stereocenters. The highest BCUT2D eigenvalue weighted by molar-refractivity contribution is 7.86. The van der Waals surface area contributed by atoms with Gasteiger partial charge in [0, 0.05) is 26.2 Å². The molecule has 2 aliphatic rings. The third-order valence-corrected chi connectivity index (χ3v) is 6.15. The van der Waals surface area contributed by atoms with Gasteiger partial charge >= 0.3 is 0 Å². The van der Waals surface area contributed by atoms with Crippen molar-refractivity contribution in [3.8, 4) is 0 Å². The van der Waals surface area contributed by atoms with Crippen molar-refractivity contribution in [2.45, 2.75) is 57.1 Å². The summed E-state index contributed by atoms with van der Waals surface area (Å²) in [5.41, 5.74) is 0. The predicted molar refractivity (Wildman–Crippen MR) is 70.4 cm³/mol. The molecule has 106 valence electrons. The van der Waals surface area contributed by atoms with Gasteiger partial charge in [-0.3, -0.25) is 0 Å². The molecule has 0 radical (unpaired) electrons. The lowest BCUT2D eigenvalue weighted by molar-refractivity contribution is 0.103. The molecule has 5 nitrogen and oxygen atoms in total. The van der Waals surface area contributed by atoms with E-state index in [1.54, 1.807) is 7.05 Å². The van der Waals surface area contributed by atoms with Crippen LogP contribution in [0.25, 0.3) is 0 Å². The third-order valence-electron chi connectivity index (χ3n) is 4.14. The molecule has 1 heterocycles. The zero-order valence-electron chi connectivity index (χ0n) is 11.1. The normalized spacial score (nSPS) is 28.7. The topological polar surface area (TPSA) is 60.9 Å². The maximum absolute atomic E-state index is 12.5. The molecule has 0 amide bonds. The molecule has 2 fully saturated rings. The summed E-state index contributed by atoms with van der Waals surface area (Å²) in [5.74, 6) is 0. The van der Waals surface area contributed by atoms with E-state index in [9.17, 15) is 13.5 Å². The fourth-order valence-corrected chi connectivity index (χ4v) is 4.62. The Morgan fingerprint density at radius 1 is 1.11 bits per heavy atom. The third kappa shape index (κ3) is 3.04. The number of β-amino-alcohol motifs (C(OH)–C–C–N with tert-alkyl or cyclic N) is 1. The molecule has 2 rings (SSSR count). The summed E-state index contributed by atoms with van der Waals surface area (Å²) in [7, 11) is -1.70. The number of piperidine rings is 1. The highest BCUT2D eigenvalue weighted by Crippen LogP contribution is 2.25. The van der Waals surface area contributed by atoms with Crippen LogP contribution in [0.2, 0.25) is 0 Å². The predicted octanol–water partition coefficient (Wildman–Crippen LogP) is 0.952. The first-order valence-electron chi connectivity index (χ1n) is 6.93. The van der Waals surface area contributed by atoms with Crippen molar-refractivity contribution in [1.29, 1.82) is 0 Å². The van der Waals surface area contributed by atoms with E-state index in [0.717, 1.165) is 32.1 Å². The highest BCUT2D eigenvalue weighted by Gasteiger charge is 2.34. The maximum atomic E-state index is 12.5. The quantitative estimate of drug-likeness (QED) is 0.835. The molecule has 6 heteroatoms. The minimum atomic E-state index is -3.39. The van der Waals surface area contributed by atoms with E-state index in [2.05, 4.69) is 0 Å². The Hall–Kier alpha value is -0.170.